The van der Waals surface area contributed by atoms with Crippen molar-refractivity contribution in [3.8, 4) is 0 Å². The van der Waals surface area contributed by atoms with Gasteiger partial charge in [0.15, 0.2) is 0 Å². The molecule has 18 heavy (non-hydrogen) atoms. The van der Waals surface area contributed by atoms with Crippen molar-refractivity contribution in [3.63, 3.8) is 0 Å². The molecule has 3 rings (SSSR count). The Labute approximate surface area is 109 Å². The summed E-state index contributed by atoms with van der Waals surface area (Å²) in [5.74, 6) is 2.90. The Balaban J connectivity index is 1.67. The van der Waals surface area contributed by atoms with Crippen molar-refractivity contribution in [2.75, 3.05) is 23.3 Å². The average molecular weight is 246 g/mol. The van der Waals surface area contributed by atoms with Crippen molar-refractivity contribution >= 4 is 11.6 Å². The summed E-state index contributed by atoms with van der Waals surface area (Å²) < 4.78 is 0. The quantitative estimate of drug-likeness (QED) is 0.887. The standard InChI is InChI=1S/C14H22N4/c1-11(12-5-6-12)17-13-9-14(16-10-15-13)18-7-3-2-4-8-18/h9-12H,2-8H2,1H3,(H,15,16,17). The molecular formula is C14H22N4. The Morgan fingerprint density at radius 2 is 2.00 bits per heavy atom. The first kappa shape index (κ1) is 11.8. The monoisotopic (exact) mass is 246 g/mol. The highest BCUT2D eigenvalue weighted by atomic mass is 15.2. The van der Waals surface area contributed by atoms with Gasteiger partial charge in [-0.25, -0.2) is 9.97 Å². The molecule has 4 nitrogen and oxygen atoms in total. The largest absolute Gasteiger partial charge is 0.367 e. The zero-order valence-electron chi connectivity index (χ0n) is 11.1. The van der Waals surface area contributed by atoms with Gasteiger partial charge in [0.2, 0.25) is 0 Å². The maximum absolute atomic E-state index is 4.41. The highest BCUT2D eigenvalue weighted by molar-refractivity contribution is 5.49. The summed E-state index contributed by atoms with van der Waals surface area (Å²) >= 11 is 0. The van der Waals surface area contributed by atoms with E-state index in [1.807, 2.05) is 0 Å². The molecule has 1 aromatic heterocycles. The van der Waals surface area contributed by atoms with Crippen LogP contribution in [0.3, 0.4) is 0 Å². The third-order valence-electron chi connectivity index (χ3n) is 4.04. The lowest BCUT2D eigenvalue weighted by Crippen LogP contribution is -2.30. The maximum Gasteiger partial charge on any atom is 0.134 e. The van der Waals surface area contributed by atoms with E-state index in [0.717, 1.165) is 30.6 Å². The second kappa shape index (κ2) is 5.12. The summed E-state index contributed by atoms with van der Waals surface area (Å²) in [6, 6.07) is 2.64. The number of nitrogens with zero attached hydrogens (tertiary/aromatic N) is 3. The van der Waals surface area contributed by atoms with Crippen LogP contribution in [0.15, 0.2) is 12.4 Å². The van der Waals surface area contributed by atoms with E-state index in [4.69, 9.17) is 0 Å². The molecule has 1 aromatic rings. The molecular weight excluding hydrogens is 224 g/mol. The van der Waals surface area contributed by atoms with Crippen LogP contribution in [0.1, 0.15) is 39.0 Å². The molecule has 0 amide bonds. The third kappa shape index (κ3) is 2.74. The smallest absolute Gasteiger partial charge is 0.134 e. The number of hydrogen-bond donors (Lipinski definition) is 1. The minimum absolute atomic E-state index is 0.536. The Bertz CT molecular complexity index is 397. The number of nitrogens with one attached hydrogen (secondary N) is 1. The third-order valence-corrected chi connectivity index (χ3v) is 4.04. The molecule has 2 heterocycles. The fourth-order valence-electron chi connectivity index (χ4n) is 2.67. The van der Waals surface area contributed by atoms with Crippen molar-refractivity contribution in [2.24, 2.45) is 5.92 Å². The Morgan fingerprint density at radius 3 is 2.72 bits per heavy atom. The van der Waals surface area contributed by atoms with Crippen LogP contribution in [0.5, 0.6) is 0 Å². The summed E-state index contributed by atoms with van der Waals surface area (Å²) in [6.45, 7) is 4.52. The summed E-state index contributed by atoms with van der Waals surface area (Å²) in [4.78, 5) is 11.1. The number of anilines is 2. The van der Waals surface area contributed by atoms with Gasteiger partial charge in [0, 0.05) is 25.2 Å². The molecule has 0 bridgehead atoms. The van der Waals surface area contributed by atoms with E-state index in [1.165, 1.54) is 32.1 Å². The highest BCUT2D eigenvalue weighted by Gasteiger charge is 2.28. The minimum atomic E-state index is 0.536. The van der Waals surface area contributed by atoms with Gasteiger partial charge in [-0.05, 0) is 44.9 Å². The first-order valence-electron chi connectivity index (χ1n) is 7.16. The van der Waals surface area contributed by atoms with Gasteiger partial charge < -0.3 is 10.2 Å². The summed E-state index contributed by atoms with van der Waals surface area (Å²) in [7, 11) is 0. The molecule has 2 aliphatic rings. The van der Waals surface area contributed by atoms with Crippen molar-refractivity contribution in [3.05, 3.63) is 12.4 Å². The maximum atomic E-state index is 4.41. The summed E-state index contributed by atoms with van der Waals surface area (Å²) in [5.41, 5.74) is 0. The number of hydrogen-bond acceptors (Lipinski definition) is 4. The minimum Gasteiger partial charge on any atom is -0.367 e. The van der Waals surface area contributed by atoms with Crippen molar-refractivity contribution in [1.29, 1.82) is 0 Å². The van der Waals surface area contributed by atoms with E-state index in [-0.39, 0.29) is 0 Å². The first-order valence-corrected chi connectivity index (χ1v) is 7.16. The molecule has 4 heteroatoms. The first-order chi connectivity index (χ1) is 8.83. The number of rotatable bonds is 4. The molecule has 1 saturated carbocycles. The van der Waals surface area contributed by atoms with Crippen LogP contribution in [0.4, 0.5) is 11.6 Å². The SMILES string of the molecule is CC(Nc1cc(N2CCCCC2)ncn1)C1CC1. The molecule has 1 N–H and O–H groups in total. The zero-order valence-corrected chi connectivity index (χ0v) is 11.1. The fourth-order valence-corrected chi connectivity index (χ4v) is 2.67. The van der Waals surface area contributed by atoms with Gasteiger partial charge in [0.05, 0.1) is 0 Å². The van der Waals surface area contributed by atoms with Gasteiger partial charge in [0.1, 0.15) is 18.0 Å². The molecule has 1 saturated heterocycles. The lowest BCUT2D eigenvalue weighted by atomic mass is 10.1. The zero-order chi connectivity index (χ0) is 12.4. The second-order valence-corrected chi connectivity index (χ2v) is 5.58. The molecule has 1 aliphatic heterocycles. The normalized spacial score (nSPS) is 21.7. The van der Waals surface area contributed by atoms with Crippen LogP contribution >= 0.6 is 0 Å². The summed E-state index contributed by atoms with van der Waals surface area (Å²) in [5, 5.41) is 3.51. The van der Waals surface area contributed by atoms with Crippen LogP contribution in [-0.4, -0.2) is 29.1 Å². The Hall–Kier alpha value is -1.32. The Kier molecular flexibility index (Phi) is 3.35. The number of aromatic nitrogens is 2. The van der Waals surface area contributed by atoms with Gasteiger partial charge in [-0.15, -0.1) is 0 Å². The fraction of sp³-hybridized carbons (Fsp3) is 0.714. The van der Waals surface area contributed by atoms with Crippen molar-refractivity contribution < 1.29 is 0 Å². The van der Waals surface area contributed by atoms with Gasteiger partial charge in [0.25, 0.3) is 0 Å². The van der Waals surface area contributed by atoms with Crippen LogP contribution in [0.25, 0.3) is 0 Å². The van der Waals surface area contributed by atoms with Gasteiger partial charge in [-0.1, -0.05) is 0 Å². The van der Waals surface area contributed by atoms with Crippen LogP contribution in [-0.2, 0) is 0 Å². The van der Waals surface area contributed by atoms with Crippen LogP contribution < -0.4 is 10.2 Å². The molecule has 0 aromatic carbocycles. The van der Waals surface area contributed by atoms with Crippen LogP contribution in [0.2, 0.25) is 0 Å². The number of piperidine rings is 1. The van der Waals surface area contributed by atoms with E-state index in [0.29, 0.717) is 6.04 Å². The summed E-state index contributed by atoms with van der Waals surface area (Å²) in [6.07, 6.45) is 8.32. The van der Waals surface area contributed by atoms with E-state index >= 15 is 0 Å². The lowest BCUT2D eigenvalue weighted by molar-refractivity contribution is 0.573. The molecule has 1 unspecified atom stereocenters. The molecule has 1 aliphatic carbocycles. The van der Waals surface area contributed by atoms with Crippen molar-refractivity contribution in [1.82, 2.24) is 9.97 Å². The van der Waals surface area contributed by atoms with Crippen LogP contribution in [0, 0.1) is 5.92 Å². The molecule has 98 valence electrons. The lowest BCUT2D eigenvalue weighted by Gasteiger charge is -2.27. The molecule has 0 spiro atoms. The van der Waals surface area contributed by atoms with E-state index in [9.17, 15) is 0 Å². The topological polar surface area (TPSA) is 41.0 Å². The highest BCUT2D eigenvalue weighted by Crippen LogP contribution is 2.33. The van der Waals surface area contributed by atoms with Gasteiger partial charge >= 0.3 is 0 Å². The predicted octanol–water partition coefficient (Wildman–Crippen LogP) is 2.68. The predicted molar refractivity (Wildman–Crippen MR) is 73.9 cm³/mol. The second-order valence-electron chi connectivity index (χ2n) is 5.58. The van der Waals surface area contributed by atoms with E-state index < -0.39 is 0 Å². The average Bonchev–Trinajstić information content (AvgIpc) is 3.24. The van der Waals surface area contributed by atoms with E-state index in [2.05, 4.69) is 33.2 Å². The molecule has 0 radical (unpaired) electrons. The molecule has 2 fully saturated rings. The van der Waals surface area contributed by atoms with Crippen molar-refractivity contribution in [2.45, 2.75) is 45.1 Å². The Morgan fingerprint density at radius 1 is 1.22 bits per heavy atom. The van der Waals surface area contributed by atoms with Gasteiger partial charge in [-0.2, -0.15) is 0 Å². The van der Waals surface area contributed by atoms with E-state index in [1.54, 1.807) is 6.33 Å². The molecule has 1 atom stereocenters. The van der Waals surface area contributed by atoms with Gasteiger partial charge in [-0.3, -0.25) is 0 Å².